The fourth-order valence-corrected chi connectivity index (χ4v) is 5.80. The summed E-state index contributed by atoms with van der Waals surface area (Å²) in [6, 6.07) is 8.24. The van der Waals surface area contributed by atoms with Crippen molar-refractivity contribution in [1.29, 1.82) is 0 Å². The number of unbranched alkanes of at least 4 members (excludes halogenated alkanes) is 10. The van der Waals surface area contributed by atoms with Crippen LogP contribution in [0.4, 0.5) is 0 Å². The van der Waals surface area contributed by atoms with Gasteiger partial charge in [0.05, 0.1) is 6.61 Å². The summed E-state index contributed by atoms with van der Waals surface area (Å²) in [7, 11) is 0. The van der Waals surface area contributed by atoms with Gasteiger partial charge in [0.15, 0.2) is 5.82 Å². The number of aromatic nitrogens is 2. The summed E-state index contributed by atoms with van der Waals surface area (Å²) in [5, 5.41) is 0. The average molecular weight is 507 g/mol. The maximum Gasteiger partial charge on any atom is 0.159 e. The largest absolute Gasteiger partial charge is 0.494 e. The van der Waals surface area contributed by atoms with Gasteiger partial charge in [0.1, 0.15) is 5.75 Å². The van der Waals surface area contributed by atoms with E-state index in [1.165, 1.54) is 115 Å². The highest BCUT2D eigenvalue weighted by atomic mass is 16.5. The van der Waals surface area contributed by atoms with Crippen molar-refractivity contribution in [2.45, 2.75) is 136 Å². The second kappa shape index (κ2) is 18.4. The molecule has 37 heavy (non-hydrogen) atoms. The third kappa shape index (κ3) is 12.0. The average Bonchev–Trinajstić information content (AvgIpc) is 2.94. The molecule has 0 unspecified atom stereocenters. The summed E-state index contributed by atoms with van der Waals surface area (Å²) >= 11 is 0. The van der Waals surface area contributed by atoms with E-state index < -0.39 is 0 Å². The van der Waals surface area contributed by atoms with Gasteiger partial charge in [-0.15, -0.1) is 0 Å². The van der Waals surface area contributed by atoms with E-state index >= 15 is 0 Å². The monoisotopic (exact) mass is 506 g/mol. The molecule has 3 heteroatoms. The Morgan fingerprint density at radius 2 is 1.19 bits per heavy atom. The molecule has 1 aliphatic carbocycles. The fourth-order valence-electron chi connectivity index (χ4n) is 5.80. The molecule has 0 atom stereocenters. The number of benzene rings is 1. The van der Waals surface area contributed by atoms with Crippen LogP contribution in [-0.4, -0.2) is 16.6 Å². The van der Waals surface area contributed by atoms with Gasteiger partial charge in [-0.1, -0.05) is 117 Å². The molecule has 2 aromatic rings. The molecule has 0 aliphatic heterocycles. The van der Waals surface area contributed by atoms with Crippen molar-refractivity contribution in [2.24, 2.45) is 11.8 Å². The van der Waals surface area contributed by atoms with Crippen LogP contribution >= 0.6 is 0 Å². The number of rotatable bonds is 19. The molecule has 1 saturated carbocycles. The van der Waals surface area contributed by atoms with E-state index in [1.54, 1.807) is 0 Å². The summed E-state index contributed by atoms with van der Waals surface area (Å²) in [6.45, 7) is 5.35. The van der Waals surface area contributed by atoms with Gasteiger partial charge in [-0.2, -0.15) is 0 Å². The first kappa shape index (κ1) is 29.7. The highest BCUT2D eigenvalue weighted by Gasteiger charge is 2.20. The van der Waals surface area contributed by atoms with Gasteiger partial charge in [0, 0.05) is 18.0 Å². The molecule has 1 heterocycles. The minimum absolute atomic E-state index is 0.801. The minimum Gasteiger partial charge on any atom is -0.494 e. The summed E-state index contributed by atoms with van der Waals surface area (Å²) in [5.74, 6) is 3.63. The lowest BCUT2D eigenvalue weighted by Gasteiger charge is -2.28. The molecule has 3 nitrogen and oxygen atoms in total. The Kier molecular flexibility index (Phi) is 14.7. The van der Waals surface area contributed by atoms with Crippen LogP contribution in [0.2, 0.25) is 0 Å². The number of nitrogens with zero attached hydrogens (tertiary/aromatic N) is 2. The van der Waals surface area contributed by atoms with Crippen LogP contribution in [0.1, 0.15) is 135 Å². The van der Waals surface area contributed by atoms with E-state index in [9.17, 15) is 0 Å². The minimum atomic E-state index is 0.801. The van der Waals surface area contributed by atoms with Crippen molar-refractivity contribution in [3.63, 3.8) is 0 Å². The Morgan fingerprint density at radius 3 is 1.81 bits per heavy atom. The molecular weight excluding hydrogens is 452 g/mol. The predicted octanol–water partition coefficient (Wildman–Crippen LogP) is 10.4. The molecule has 1 fully saturated rings. The zero-order valence-electron chi connectivity index (χ0n) is 24.1. The Morgan fingerprint density at radius 1 is 0.649 bits per heavy atom. The lowest BCUT2D eigenvalue weighted by molar-refractivity contribution is 0.248. The second-order valence-corrected chi connectivity index (χ2v) is 11.5. The van der Waals surface area contributed by atoms with E-state index in [0.29, 0.717) is 0 Å². The first-order chi connectivity index (χ1) is 18.3. The van der Waals surface area contributed by atoms with E-state index in [4.69, 9.17) is 4.74 Å². The topological polar surface area (TPSA) is 35.0 Å². The number of ether oxygens (including phenoxy) is 1. The highest BCUT2D eigenvalue weighted by molar-refractivity contribution is 5.55. The van der Waals surface area contributed by atoms with Gasteiger partial charge >= 0.3 is 0 Å². The molecule has 3 rings (SSSR count). The standard InChI is InChI=1S/C34H54N2O/c1-3-5-7-9-10-11-13-15-29-16-18-30(19-17-29)20-21-31-27-35-34(36-28-31)32-22-24-33(25-23-32)37-26-14-12-8-6-4-2/h22-25,27-30H,3-21,26H2,1-2H3/t29-,30-. The van der Waals surface area contributed by atoms with Crippen LogP contribution in [0.15, 0.2) is 36.7 Å². The molecule has 1 aromatic carbocycles. The van der Waals surface area contributed by atoms with Crippen molar-refractivity contribution in [1.82, 2.24) is 9.97 Å². The van der Waals surface area contributed by atoms with Crippen LogP contribution in [0.3, 0.4) is 0 Å². The maximum absolute atomic E-state index is 5.89. The fraction of sp³-hybridized carbons (Fsp3) is 0.706. The van der Waals surface area contributed by atoms with Crippen LogP contribution in [0.5, 0.6) is 5.75 Å². The van der Waals surface area contributed by atoms with Crippen LogP contribution in [0.25, 0.3) is 11.4 Å². The Labute approximate surface area is 228 Å². The van der Waals surface area contributed by atoms with Crippen LogP contribution < -0.4 is 4.74 Å². The maximum atomic E-state index is 5.89. The molecule has 1 aliphatic rings. The highest BCUT2D eigenvalue weighted by Crippen LogP contribution is 2.34. The normalized spacial score (nSPS) is 17.7. The van der Waals surface area contributed by atoms with Crippen molar-refractivity contribution >= 4 is 0 Å². The zero-order chi connectivity index (χ0) is 26.0. The van der Waals surface area contributed by atoms with Crippen molar-refractivity contribution in [3.05, 3.63) is 42.2 Å². The molecule has 0 radical (unpaired) electrons. The Bertz CT molecular complexity index is 809. The van der Waals surface area contributed by atoms with E-state index in [0.717, 1.165) is 48.4 Å². The summed E-state index contributed by atoms with van der Waals surface area (Å²) in [6.07, 6.45) is 30.0. The molecule has 0 bridgehead atoms. The summed E-state index contributed by atoms with van der Waals surface area (Å²) < 4.78 is 5.89. The van der Waals surface area contributed by atoms with Gasteiger partial charge < -0.3 is 4.74 Å². The molecule has 1 aromatic heterocycles. The lowest BCUT2D eigenvalue weighted by Crippen LogP contribution is -2.15. The van der Waals surface area contributed by atoms with Crippen LogP contribution in [-0.2, 0) is 6.42 Å². The van der Waals surface area contributed by atoms with Gasteiger partial charge in [0.25, 0.3) is 0 Å². The molecule has 206 valence electrons. The quantitative estimate of drug-likeness (QED) is 0.178. The first-order valence-corrected chi connectivity index (χ1v) is 15.8. The zero-order valence-corrected chi connectivity index (χ0v) is 24.1. The summed E-state index contributed by atoms with van der Waals surface area (Å²) in [5.41, 5.74) is 2.33. The van der Waals surface area contributed by atoms with E-state index in [1.807, 2.05) is 24.5 Å². The molecule has 0 saturated heterocycles. The van der Waals surface area contributed by atoms with Gasteiger partial charge in [-0.05, 0) is 60.9 Å². The van der Waals surface area contributed by atoms with E-state index in [-0.39, 0.29) is 0 Å². The van der Waals surface area contributed by atoms with Crippen LogP contribution in [0, 0.1) is 11.8 Å². The SMILES string of the molecule is CCCCCCCCC[C@H]1CC[C@H](CCc2cnc(-c3ccc(OCCCCCCC)cc3)nc2)CC1. The predicted molar refractivity (Wildman–Crippen MR) is 158 cm³/mol. The van der Waals surface area contributed by atoms with Crippen molar-refractivity contribution < 1.29 is 4.74 Å². The van der Waals surface area contributed by atoms with Crippen molar-refractivity contribution in [2.75, 3.05) is 6.61 Å². The summed E-state index contributed by atoms with van der Waals surface area (Å²) in [4.78, 5) is 9.34. The third-order valence-electron chi connectivity index (χ3n) is 8.36. The van der Waals surface area contributed by atoms with Gasteiger partial charge in [-0.3, -0.25) is 0 Å². The molecule has 0 amide bonds. The molecule has 0 N–H and O–H groups in total. The third-order valence-corrected chi connectivity index (χ3v) is 8.36. The lowest BCUT2D eigenvalue weighted by atomic mass is 9.78. The first-order valence-electron chi connectivity index (χ1n) is 15.8. The molecule has 0 spiro atoms. The Hall–Kier alpha value is -1.90. The number of hydrogen-bond donors (Lipinski definition) is 0. The van der Waals surface area contributed by atoms with Gasteiger partial charge in [-0.25, -0.2) is 9.97 Å². The number of aryl methyl sites for hydroxylation is 1. The van der Waals surface area contributed by atoms with E-state index in [2.05, 4.69) is 35.9 Å². The second-order valence-electron chi connectivity index (χ2n) is 11.5. The van der Waals surface area contributed by atoms with Gasteiger partial charge in [0.2, 0.25) is 0 Å². The smallest absolute Gasteiger partial charge is 0.159 e. The Balaban J connectivity index is 1.28. The van der Waals surface area contributed by atoms with Crippen molar-refractivity contribution in [3.8, 4) is 17.1 Å². The molecular formula is C34H54N2O. The number of hydrogen-bond acceptors (Lipinski definition) is 3.